The highest BCUT2D eigenvalue weighted by Gasteiger charge is 2.35. The molecular formula is C15H21NO3. The Labute approximate surface area is 113 Å². The summed E-state index contributed by atoms with van der Waals surface area (Å²) in [5.41, 5.74) is 3.29. The standard InChI is InChI=1S/C15H21NO3/c1-4-16(8-13(18)19)11-7-10(3)14-9(2)5-6-12(17)15(11)14/h5-6,10-11,17H,4,7-8H2,1-3H3,(H,18,19). The molecule has 0 bridgehead atoms. The highest BCUT2D eigenvalue weighted by Crippen LogP contribution is 2.48. The highest BCUT2D eigenvalue weighted by molar-refractivity contribution is 5.69. The first-order chi connectivity index (χ1) is 8.95. The lowest BCUT2D eigenvalue weighted by atomic mass is 9.97. The third-order valence-corrected chi connectivity index (χ3v) is 4.07. The smallest absolute Gasteiger partial charge is 0.317 e. The van der Waals surface area contributed by atoms with Crippen molar-refractivity contribution >= 4 is 5.97 Å². The normalized spacial score (nSPS) is 21.7. The average molecular weight is 263 g/mol. The first kappa shape index (κ1) is 13.9. The Balaban J connectivity index is 2.43. The quantitative estimate of drug-likeness (QED) is 0.876. The van der Waals surface area contributed by atoms with Gasteiger partial charge in [-0.1, -0.05) is 19.9 Å². The summed E-state index contributed by atoms with van der Waals surface area (Å²) in [5, 5.41) is 19.2. The number of nitrogens with zero attached hydrogens (tertiary/aromatic N) is 1. The minimum Gasteiger partial charge on any atom is -0.508 e. The summed E-state index contributed by atoms with van der Waals surface area (Å²) in [4.78, 5) is 12.9. The third kappa shape index (κ3) is 2.45. The van der Waals surface area contributed by atoms with E-state index in [1.165, 1.54) is 11.1 Å². The molecule has 0 fully saturated rings. The van der Waals surface area contributed by atoms with E-state index in [1.54, 1.807) is 6.07 Å². The molecule has 0 saturated heterocycles. The van der Waals surface area contributed by atoms with Crippen LogP contribution < -0.4 is 0 Å². The average Bonchev–Trinajstić information content (AvgIpc) is 2.70. The molecule has 2 N–H and O–H groups in total. The van der Waals surface area contributed by atoms with Crippen molar-refractivity contribution in [3.63, 3.8) is 0 Å². The number of likely N-dealkylation sites (N-methyl/N-ethyl adjacent to an activating group) is 1. The molecule has 19 heavy (non-hydrogen) atoms. The molecule has 1 aromatic rings. The lowest BCUT2D eigenvalue weighted by Crippen LogP contribution is -2.32. The van der Waals surface area contributed by atoms with Gasteiger partial charge >= 0.3 is 5.97 Å². The zero-order valence-corrected chi connectivity index (χ0v) is 11.7. The van der Waals surface area contributed by atoms with Crippen molar-refractivity contribution in [2.24, 2.45) is 0 Å². The van der Waals surface area contributed by atoms with Crippen LogP contribution in [0.4, 0.5) is 0 Å². The number of fused-ring (bicyclic) bond motifs is 1. The van der Waals surface area contributed by atoms with Gasteiger partial charge in [0.25, 0.3) is 0 Å². The predicted molar refractivity (Wildman–Crippen MR) is 73.5 cm³/mol. The number of hydrogen-bond acceptors (Lipinski definition) is 3. The van der Waals surface area contributed by atoms with Crippen LogP contribution in [0.3, 0.4) is 0 Å². The van der Waals surface area contributed by atoms with Crippen LogP contribution in [0.15, 0.2) is 12.1 Å². The summed E-state index contributed by atoms with van der Waals surface area (Å²) < 4.78 is 0. The molecule has 0 saturated carbocycles. The van der Waals surface area contributed by atoms with Crippen LogP contribution in [0, 0.1) is 6.92 Å². The molecule has 1 aliphatic rings. The van der Waals surface area contributed by atoms with E-state index < -0.39 is 5.97 Å². The van der Waals surface area contributed by atoms with E-state index in [1.807, 2.05) is 24.8 Å². The number of rotatable bonds is 4. The van der Waals surface area contributed by atoms with Crippen LogP contribution in [0.5, 0.6) is 5.75 Å². The van der Waals surface area contributed by atoms with Gasteiger partial charge in [0.2, 0.25) is 0 Å². The number of phenols is 1. The topological polar surface area (TPSA) is 60.8 Å². The molecule has 0 heterocycles. The fourth-order valence-electron chi connectivity index (χ4n) is 3.26. The molecule has 0 amide bonds. The molecule has 1 aromatic carbocycles. The number of aliphatic carboxylic acids is 1. The molecule has 0 spiro atoms. The molecule has 2 rings (SSSR count). The molecule has 4 heteroatoms. The predicted octanol–water partition coefficient (Wildman–Crippen LogP) is 2.66. The zero-order chi connectivity index (χ0) is 14.2. The van der Waals surface area contributed by atoms with E-state index in [9.17, 15) is 9.90 Å². The maximum atomic E-state index is 11.0. The molecular weight excluding hydrogens is 242 g/mol. The molecule has 104 valence electrons. The van der Waals surface area contributed by atoms with Gasteiger partial charge in [0, 0.05) is 11.6 Å². The Hall–Kier alpha value is -1.55. The lowest BCUT2D eigenvalue weighted by molar-refractivity contribution is -0.138. The van der Waals surface area contributed by atoms with Gasteiger partial charge in [0.15, 0.2) is 0 Å². The van der Waals surface area contributed by atoms with Crippen LogP contribution >= 0.6 is 0 Å². The number of carbonyl (C=O) groups is 1. The maximum absolute atomic E-state index is 11.0. The number of carboxylic acid groups (broad SMARTS) is 1. The fourth-order valence-corrected chi connectivity index (χ4v) is 3.26. The van der Waals surface area contributed by atoms with Crippen LogP contribution in [0.2, 0.25) is 0 Å². The molecule has 0 aromatic heterocycles. The Morgan fingerprint density at radius 2 is 2.11 bits per heavy atom. The van der Waals surface area contributed by atoms with E-state index in [0.717, 1.165) is 12.0 Å². The molecule has 1 aliphatic carbocycles. The number of benzene rings is 1. The molecule has 2 unspecified atom stereocenters. The fraction of sp³-hybridized carbons (Fsp3) is 0.533. The number of aryl methyl sites for hydroxylation is 1. The zero-order valence-electron chi connectivity index (χ0n) is 11.7. The van der Waals surface area contributed by atoms with Crippen molar-refractivity contribution in [2.45, 2.75) is 39.2 Å². The SMILES string of the molecule is CCN(CC(=O)O)C1CC(C)c2c(C)ccc(O)c21. The van der Waals surface area contributed by atoms with Crippen molar-refractivity contribution in [1.82, 2.24) is 4.90 Å². The summed E-state index contributed by atoms with van der Waals surface area (Å²) >= 11 is 0. The second kappa shape index (κ2) is 5.21. The van der Waals surface area contributed by atoms with Crippen molar-refractivity contribution < 1.29 is 15.0 Å². The van der Waals surface area contributed by atoms with E-state index in [-0.39, 0.29) is 12.6 Å². The summed E-state index contributed by atoms with van der Waals surface area (Å²) in [7, 11) is 0. The van der Waals surface area contributed by atoms with Gasteiger partial charge in [0.1, 0.15) is 5.75 Å². The second-order valence-corrected chi connectivity index (χ2v) is 5.34. The minimum absolute atomic E-state index is 0.00556. The van der Waals surface area contributed by atoms with Crippen molar-refractivity contribution in [2.75, 3.05) is 13.1 Å². The van der Waals surface area contributed by atoms with Gasteiger partial charge in [0.05, 0.1) is 6.54 Å². The Kier molecular flexibility index (Phi) is 3.80. The van der Waals surface area contributed by atoms with Crippen LogP contribution in [-0.2, 0) is 4.79 Å². The Morgan fingerprint density at radius 3 is 2.68 bits per heavy atom. The largest absolute Gasteiger partial charge is 0.508 e. The van der Waals surface area contributed by atoms with Gasteiger partial charge in [-0.15, -0.1) is 0 Å². The number of aromatic hydroxyl groups is 1. The molecule has 4 nitrogen and oxygen atoms in total. The number of phenolic OH excluding ortho intramolecular Hbond substituents is 1. The Bertz CT molecular complexity index is 498. The van der Waals surface area contributed by atoms with Gasteiger partial charge in [-0.25, -0.2) is 0 Å². The first-order valence-corrected chi connectivity index (χ1v) is 6.73. The highest BCUT2D eigenvalue weighted by atomic mass is 16.4. The maximum Gasteiger partial charge on any atom is 0.317 e. The second-order valence-electron chi connectivity index (χ2n) is 5.34. The van der Waals surface area contributed by atoms with Gasteiger partial charge in [-0.2, -0.15) is 0 Å². The third-order valence-electron chi connectivity index (χ3n) is 4.07. The minimum atomic E-state index is -0.824. The number of hydrogen-bond donors (Lipinski definition) is 2. The van der Waals surface area contributed by atoms with Crippen molar-refractivity contribution in [3.05, 3.63) is 28.8 Å². The summed E-state index contributed by atoms with van der Waals surface area (Å²) in [6.45, 7) is 6.82. The van der Waals surface area contributed by atoms with Gasteiger partial charge < -0.3 is 10.2 Å². The van der Waals surface area contributed by atoms with Gasteiger partial charge in [-0.3, -0.25) is 9.69 Å². The van der Waals surface area contributed by atoms with E-state index in [4.69, 9.17) is 5.11 Å². The van der Waals surface area contributed by atoms with Crippen molar-refractivity contribution in [1.29, 1.82) is 0 Å². The van der Waals surface area contributed by atoms with Crippen LogP contribution in [0.25, 0.3) is 0 Å². The van der Waals surface area contributed by atoms with E-state index in [0.29, 0.717) is 18.2 Å². The van der Waals surface area contributed by atoms with Gasteiger partial charge in [-0.05, 0) is 43.0 Å². The Morgan fingerprint density at radius 1 is 1.42 bits per heavy atom. The summed E-state index contributed by atoms with van der Waals surface area (Å²) in [5.74, 6) is -0.177. The van der Waals surface area contributed by atoms with E-state index in [2.05, 4.69) is 6.92 Å². The van der Waals surface area contributed by atoms with Crippen LogP contribution in [0.1, 0.15) is 48.9 Å². The van der Waals surface area contributed by atoms with Crippen LogP contribution in [-0.4, -0.2) is 34.2 Å². The lowest BCUT2D eigenvalue weighted by Gasteiger charge is -2.27. The van der Waals surface area contributed by atoms with E-state index >= 15 is 0 Å². The summed E-state index contributed by atoms with van der Waals surface area (Å²) in [6, 6.07) is 3.65. The molecule has 2 atom stereocenters. The monoisotopic (exact) mass is 263 g/mol. The summed E-state index contributed by atoms with van der Waals surface area (Å²) in [6.07, 6.45) is 0.870. The number of carboxylic acids is 1. The van der Waals surface area contributed by atoms with Crippen molar-refractivity contribution in [3.8, 4) is 5.75 Å². The molecule has 0 radical (unpaired) electrons. The molecule has 0 aliphatic heterocycles. The first-order valence-electron chi connectivity index (χ1n) is 6.73.